The van der Waals surface area contributed by atoms with Crippen LogP contribution in [0.5, 0.6) is 0 Å². The first-order chi connectivity index (χ1) is 15.1. The summed E-state index contributed by atoms with van der Waals surface area (Å²) in [4.78, 5) is 8.93. The van der Waals surface area contributed by atoms with E-state index in [0.29, 0.717) is 22.4 Å². The first-order valence-electron chi connectivity index (χ1n) is 9.58. The molecule has 0 bridgehead atoms. The van der Waals surface area contributed by atoms with E-state index >= 15 is 0 Å². The van der Waals surface area contributed by atoms with Gasteiger partial charge in [0.1, 0.15) is 12.1 Å². The molecule has 1 N–H and O–H groups in total. The van der Waals surface area contributed by atoms with Crippen LogP contribution in [0.15, 0.2) is 67.1 Å². The summed E-state index contributed by atoms with van der Waals surface area (Å²) < 4.78 is 3.55. The number of halogens is 2. The first kappa shape index (κ1) is 19.5. The standard InChI is InChI=1S/C22H17Cl2N7/c1-14-3-2-4-21(28-14)31-19(16-7-8-30-22(10-16)26-13-27-30)11-20(29-31)25-12-15-5-6-17(23)18(24)9-15/h2-11,13H,12H2,1H3,(H,25,29). The van der Waals surface area contributed by atoms with Gasteiger partial charge in [0.2, 0.25) is 0 Å². The number of pyridine rings is 2. The van der Waals surface area contributed by atoms with Crippen molar-refractivity contribution in [3.05, 3.63) is 88.4 Å². The van der Waals surface area contributed by atoms with Crippen molar-refractivity contribution in [3.63, 3.8) is 0 Å². The van der Waals surface area contributed by atoms with Crippen LogP contribution in [0.25, 0.3) is 22.7 Å². The summed E-state index contributed by atoms with van der Waals surface area (Å²) in [6, 6.07) is 17.4. The Morgan fingerprint density at radius 3 is 2.74 bits per heavy atom. The molecule has 5 rings (SSSR count). The molecule has 0 radical (unpaired) electrons. The summed E-state index contributed by atoms with van der Waals surface area (Å²) in [5, 5.41) is 13.3. The highest BCUT2D eigenvalue weighted by Crippen LogP contribution is 2.27. The Morgan fingerprint density at radius 1 is 1.00 bits per heavy atom. The maximum atomic E-state index is 6.14. The molecular formula is C22H17Cl2N7. The fourth-order valence-electron chi connectivity index (χ4n) is 3.31. The Balaban J connectivity index is 1.53. The molecule has 0 aliphatic rings. The van der Waals surface area contributed by atoms with E-state index in [0.717, 1.165) is 34.0 Å². The number of hydrogen-bond acceptors (Lipinski definition) is 5. The largest absolute Gasteiger partial charge is 0.364 e. The summed E-state index contributed by atoms with van der Waals surface area (Å²) in [6.45, 7) is 2.51. The smallest absolute Gasteiger partial charge is 0.155 e. The van der Waals surface area contributed by atoms with Gasteiger partial charge in [-0.1, -0.05) is 35.3 Å². The number of benzene rings is 1. The van der Waals surface area contributed by atoms with E-state index in [1.807, 2.05) is 66.3 Å². The van der Waals surface area contributed by atoms with Crippen LogP contribution in [0.3, 0.4) is 0 Å². The number of fused-ring (bicyclic) bond motifs is 1. The quantitative estimate of drug-likeness (QED) is 0.398. The van der Waals surface area contributed by atoms with Crippen LogP contribution < -0.4 is 5.32 Å². The molecule has 0 fully saturated rings. The fourth-order valence-corrected chi connectivity index (χ4v) is 3.63. The van der Waals surface area contributed by atoms with Gasteiger partial charge in [0.25, 0.3) is 0 Å². The number of rotatable bonds is 5. The molecule has 0 saturated carbocycles. The van der Waals surface area contributed by atoms with Gasteiger partial charge in [0, 0.05) is 30.1 Å². The van der Waals surface area contributed by atoms with E-state index in [-0.39, 0.29) is 0 Å². The lowest BCUT2D eigenvalue weighted by molar-refractivity contribution is 0.845. The molecule has 0 unspecified atom stereocenters. The van der Waals surface area contributed by atoms with Crippen LogP contribution in [-0.2, 0) is 6.54 Å². The maximum absolute atomic E-state index is 6.14. The zero-order chi connectivity index (χ0) is 21.4. The number of anilines is 1. The molecule has 1 aromatic carbocycles. The van der Waals surface area contributed by atoms with Crippen molar-refractivity contribution in [3.8, 4) is 17.1 Å². The first-order valence-corrected chi connectivity index (χ1v) is 10.3. The van der Waals surface area contributed by atoms with Gasteiger partial charge in [0.15, 0.2) is 11.5 Å². The van der Waals surface area contributed by atoms with E-state index < -0.39 is 0 Å². The average molecular weight is 450 g/mol. The van der Waals surface area contributed by atoms with E-state index in [1.54, 1.807) is 10.6 Å². The molecule has 31 heavy (non-hydrogen) atoms. The van der Waals surface area contributed by atoms with Gasteiger partial charge >= 0.3 is 0 Å². The Bertz CT molecular complexity index is 1390. The number of nitrogens with one attached hydrogen (secondary N) is 1. The number of nitrogens with zero attached hydrogens (tertiary/aromatic N) is 6. The van der Waals surface area contributed by atoms with Crippen LogP contribution in [0.1, 0.15) is 11.3 Å². The van der Waals surface area contributed by atoms with Crippen LogP contribution >= 0.6 is 23.2 Å². The van der Waals surface area contributed by atoms with E-state index in [4.69, 9.17) is 28.3 Å². The Hall–Kier alpha value is -3.42. The summed E-state index contributed by atoms with van der Waals surface area (Å²) in [5.74, 6) is 1.45. The zero-order valence-corrected chi connectivity index (χ0v) is 18.0. The van der Waals surface area contributed by atoms with Crippen molar-refractivity contribution >= 4 is 34.7 Å². The highest BCUT2D eigenvalue weighted by Gasteiger charge is 2.14. The third-order valence-electron chi connectivity index (χ3n) is 4.83. The molecule has 7 nitrogen and oxygen atoms in total. The second-order valence-electron chi connectivity index (χ2n) is 7.04. The minimum atomic E-state index is 0.526. The van der Waals surface area contributed by atoms with E-state index in [2.05, 4.69) is 20.4 Å². The Labute approximate surface area is 188 Å². The molecule has 0 atom stereocenters. The number of aromatic nitrogens is 6. The third-order valence-corrected chi connectivity index (χ3v) is 5.57. The van der Waals surface area contributed by atoms with Crippen molar-refractivity contribution < 1.29 is 0 Å². The maximum Gasteiger partial charge on any atom is 0.155 e. The summed E-state index contributed by atoms with van der Waals surface area (Å²) in [5.41, 5.74) is 4.52. The van der Waals surface area contributed by atoms with Crippen molar-refractivity contribution in [2.45, 2.75) is 13.5 Å². The molecule has 0 aliphatic heterocycles. The van der Waals surface area contributed by atoms with Crippen LogP contribution in [0, 0.1) is 6.92 Å². The lowest BCUT2D eigenvalue weighted by Gasteiger charge is -2.07. The van der Waals surface area contributed by atoms with Crippen LogP contribution in [0.4, 0.5) is 5.82 Å². The summed E-state index contributed by atoms with van der Waals surface area (Å²) in [7, 11) is 0. The molecule has 0 saturated heterocycles. The SMILES string of the molecule is Cc1cccc(-n2nc(NCc3ccc(Cl)c(Cl)c3)cc2-c2ccn3ncnc3c2)n1. The van der Waals surface area contributed by atoms with Crippen molar-refractivity contribution in [1.29, 1.82) is 0 Å². The van der Waals surface area contributed by atoms with Gasteiger partial charge in [-0.25, -0.2) is 19.2 Å². The monoisotopic (exact) mass is 449 g/mol. The van der Waals surface area contributed by atoms with Crippen molar-refractivity contribution in [2.75, 3.05) is 5.32 Å². The summed E-state index contributed by atoms with van der Waals surface area (Å²) >= 11 is 12.2. The minimum absolute atomic E-state index is 0.526. The molecule has 5 aromatic rings. The lowest BCUT2D eigenvalue weighted by Crippen LogP contribution is -2.04. The van der Waals surface area contributed by atoms with E-state index in [9.17, 15) is 0 Å². The van der Waals surface area contributed by atoms with Gasteiger partial charge in [-0.05, 0) is 48.9 Å². The molecule has 0 amide bonds. The second-order valence-corrected chi connectivity index (χ2v) is 7.86. The lowest BCUT2D eigenvalue weighted by atomic mass is 10.2. The molecule has 4 aromatic heterocycles. The van der Waals surface area contributed by atoms with Gasteiger partial charge < -0.3 is 5.32 Å². The number of aryl methyl sites for hydroxylation is 1. The number of hydrogen-bond donors (Lipinski definition) is 1. The topological polar surface area (TPSA) is 72.9 Å². The Morgan fingerprint density at radius 2 is 1.90 bits per heavy atom. The highest BCUT2D eigenvalue weighted by atomic mass is 35.5. The molecular weight excluding hydrogens is 433 g/mol. The molecule has 4 heterocycles. The molecule has 0 spiro atoms. The van der Waals surface area contributed by atoms with Gasteiger partial charge in [-0.15, -0.1) is 5.10 Å². The minimum Gasteiger partial charge on any atom is -0.364 e. The van der Waals surface area contributed by atoms with Crippen molar-refractivity contribution in [2.24, 2.45) is 0 Å². The van der Waals surface area contributed by atoms with Gasteiger partial charge in [0.05, 0.1) is 15.7 Å². The van der Waals surface area contributed by atoms with Gasteiger partial charge in [-0.3, -0.25) is 0 Å². The van der Waals surface area contributed by atoms with Gasteiger partial charge in [-0.2, -0.15) is 5.10 Å². The van der Waals surface area contributed by atoms with Crippen LogP contribution in [-0.4, -0.2) is 29.4 Å². The van der Waals surface area contributed by atoms with Crippen LogP contribution in [0.2, 0.25) is 10.0 Å². The Kier molecular flexibility index (Phi) is 5.05. The normalized spacial score (nSPS) is 11.2. The van der Waals surface area contributed by atoms with E-state index in [1.165, 1.54) is 6.33 Å². The predicted molar refractivity (Wildman–Crippen MR) is 122 cm³/mol. The zero-order valence-electron chi connectivity index (χ0n) is 16.5. The molecule has 9 heteroatoms. The average Bonchev–Trinajstić information content (AvgIpc) is 3.41. The molecule has 0 aliphatic carbocycles. The second kappa shape index (κ2) is 8.02. The predicted octanol–water partition coefficient (Wildman–Crippen LogP) is 5.20. The van der Waals surface area contributed by atoms with Crippen molar-refractivity contribution in [1.82, 2.24) is 29.4 Å². The molecule has 154 valence electrons. The summed E-state index contributed by atoms with van der Waals surface area (Å²) in [6.07, 6.45) is 3.41. The third kappa shape index (κ3) is 3.97. The highest BCUT2D eigenvalue weighted by molar-refractivity contribution is 6.42. The fraction of sp³-hybridized carbons (Fsp3) is 0.0909.